The van der Waals surface area contributed by atoms with Crippen molar-refractivity contribution in [1.29, 1.82) is 0 Å². The highest BCUT2D eigenvalue weighted by Crippen LogP contribution is 2.07. The van der Waals surface area contributed by atoms with E-state index in [0.717, 1.165) is 31.7 Å². The highest BCUT2D eigenvalue weighted by Gasteiger charge is 1.88. The van der Waals surface area contributed by atoms with Gasteiger partial charge in [0.15, 0.2) is 0 Å². The van der Waals surface area contributed by atoms with E-state index in [1.165, 1.54) is 44.9 Å². The molecule has 122 valence electrons. The van der Waals surface area contributed by atoms with E-state index in [1.54, 1.807) is 0 Å². The number of rotatable bonds is 15. The van der Waals surface area contributed by atoms with Gasteiger partial charge in [0.2, 0.25) is 0 Å². The molecule has 0 aliphatic rings. The lowest BCUT2D eigenvalue weighted by molar-refractivity contribution is 0.167. The molecule has 2 heteroatoms. The molecule has 0 heterocycles. The van der Waals surface area contributed by atoms with Gasteiger partial charge >= 0.3 is 0 Å². The average Bonchev–Trinajstić information content (AvgIpc) is 2.50. The van der Waals surface area contributed by atoms with Gasteiger partial charge in [-0.3, -0.25) is 0 Å². The van der Waals surface area contributed by atoms with Crippen molar-refractivity contribution in [3.63, 3.8) is 0 Å². The first-order valence-corrected chi connectivity index (χ1v) is 9.13. The van der Waals surface area contributed by atoms with Gasteiger partial charge in [0.1, 0.15) is 0 Å². The summed E-state index contributed by atoms with van der Waals surface area (Å²) in [7, 11) is 0. The SMILES string of the molecule is CCCCCCCC/C=C\CCOCC=C=CCCCCl. The van der Waals surface area contributed by atoms with Gasteiger partial charge in [-0.25, -0.2) is 0 Å². The Morgan fingerprint density at radius 2 is 1.62 bits per heavy atom. The molecule has 0 radical (unpaired) electrons. The molecular weight excluding hydrogens is 280 g/mol. The van der Waals surface area contributed by atoms with E-state index in [2.05, 4.69) is 24.8 Å². The van der Waals surface area contributed by atoms with Crippen molar-refractivity contribution in [2.45, 2.75) is 71.1 Å². The van der Waals surface area contributed by atoms with E-state index >= 15 is 0 Å². The molecule has 0 aliphatic carbocycles. The summed E-state index contributed by atoms with van der Waals surface area (Å²) in [4.78, 5) is 0. The summed E-state index contributed by atoms with van der Waals surface area (Å²) in [5, 5.41) is 0. The Morgan fingerprint density at radius 1 is 0.857 bits per heavy atom. The molecule has 0 saturated heterocycles. The third-order valence-corrected chi connectivity index (χ3v) is 3.51. The largest absolute Gasteiger partial charge is 0.376 e. The summed E-state index contributed by atoms with van der Waals surface area (Å²) in [6.45, 7) is 3.72. The van der Waals surface area contributed by atoms with Gasteiger partial charge in [0, 0.05) is 5.88 Å². The van der Waals surface area contributed by atoms with Crippen LogP contribution in [0.2, 0.25) is 0 Å². The van der Waals surface area contributed by atoms with Crippen LogP contribution in [0.5, 0.6) is 0 Å². The van der Waals surface area contributed by atoms with Gasteiger partial charge in [-0.05, 0) is 44.3 Å². The number of unbranched alkanes of at least 4 members (excludes halogenated alkanes) is 7. The zero-order chi connectivity index (χ0) is 15.4. The number of hydrogen-bond acceptors (Lipinski definition) is 1. The fraction of sp³-hybridized carbons (Fsp3) is 0.737. The van der Waals surface area contributed by atoms with Crippen LogP contribution in [0.4, 0.5) is 0 Å². The maximum Gasteiger partial charge on any atom is 0.0721 e. The van der Waals surface area contributed by atoms with Crippen molar-refractivity contribution in [2.75, 3.05) is 19.1 Å². The van der Waals surface area contributed by atoms with Crippen LogP contribution >= 0.6 is 11.6 Å². The Labute approximate surface area is 137 Å². The summed E-state index contributed by atoms with van der Waals surface area (Å²) in [6.07, 6.45) is 21.0. The minimum atomic E-state index is 0.655. The lowest BCUT2D eigenvalue weighted by Crippen LogP contribution is -1.91. The summed E-state index contributed by atoms with van der Waals surface area (Å²) in [5.74, 6) is 0.722. The van der Waals surface area contributed by atoms with E-state index in [0.29, 0.717) is 6.61 Å². The Hall–Kier alpha value is -0.490. The first kappa shape index (κ1) is 20.5. The minimum Gasteiger partial charge on any atom is -0.376 e. The zero-order valence-corrected chi connectivity index (χ0v) is 14.5. The van der Waals surface area contributed by atoms with Crippen molar-refractivity contribution in [3.05, 3.63) is 30.0 Å². The second kappa shape index (κ2) is 19.5. The molecule has 0 unspecified atom stereocenters. The lowest BCUT2D eigenvalue weighted by Gasteiger charge is -1.98. The highest BCUT2D eigenvalue weighted by molar-refractivity contribution is 6.17. The van der Waals surface area contributed by atoms with Crippen LogP contribution in [0.25, 0.3) is 0 Å². The zero-order valence-electron chi connectivity index (χ0n) is 13.8. The second-order valence-electron chi connectivity index (χ2n) is 5.30. The van der Waals surface area contributed by atoms with E-state index in [4.69, 9.17) is 16.3 Å². The predicted molar refractivity (Wildman–Crippen MR) is 95.2 cm³/mol. The van der Waals surface area contributed by atoms with Crippen molar-refractivity contribution in [3.8, 4) is 0 Å². The Balaban J connectivity index is 3.20. The molecular formula is C19H33ClO. The van der Waals surface area contributed by atoms with Gasteiger partial charge in [-0.1, -0.05) is 51.2 Å². The van der Waals surface area contributed by atoms with Gasteiger partial charge < -0.3 is 4.74 Å². The van der Waals surface area contributed by atoms with Crippen LogP contribution < -0.4 is 0 Å². The van der Waals surface area contributed by atoms with Gasteiger partial charge in [-0.15, -0.1) is 17.3 Å². The fourth-order valence-corrected chi connectivity index (χ4v) is 2.12. The maximum atomic E-state index is 5.58. The number of allylic oxidation sites excluding steroid dienone is 1. The number of hydrogen-bond donors (Lipinski definition) is 0. The molecule has 1 nitrogen and oxygen atoms in total. The quantitative estimate of drug-likeness (QED) is 0.146. The van der Waals surface area contributed by atoms with Gasteiger partial charge in [-0.2, -0.15) is 0 Å². The van der Waals surface area contributed by atoms with E-state index in [9.17, 15) is 0 Å². The number of alkyl halides is 1. The fourth-order valence-electron chi connectivity index (χ4n) is 1.97. The molecule has 21 heavy (non-hydrogen) atoms. The highest BCUT2D eigenvalue weighted by atomic mass is 35.5. The summed E-state index contributed by atoms with van der Waals surface area (Å²) >= 11 is 5.58. The molecule has 0 bridgehead atoms. The van der Waals surface area contributed by atoms with Crippen LogP contribution in [-0.2, 0) is 4.74 Å². The summed E-state index contributed by atoms with van der Waals surface area (Å²) in [6, 6.07) is 0. The minimum absolute atomic E-state index is 0.655. The lowest BCUT2D eigenvalue weighted by atomic mass is 10.1. The van der Waals surface area contributed by atoms with E-state index in [-0.39, 0.29) is 0 Å². The van der Waals surface area contributed by atoms with Crippen molar-refractivity contribution in [2.24, 2.45) is 0 Å². The molecule has 0 aromatic heterocycles. The second-order valence-corrected chi connectivity index (χ2v) is 5.68. The molecule has 0 saturated carbocycles. The topological polar surface area (TPSA) is 9.23 Å². The molecule has 0 spiro atoms. The molecule has 0 aliphatic heterocycles. The van der Waals surface area contributed by atoms with Crippen molar-refractivity contribution < 1.29 is 4.74 Å². The molecule has 0 N–H and O–H groups in total. The van der Waals surface area contributed by atoms with Crippen LogP contribution in [0, 0.1) is 0 Å². The molecule has 0 amide bonds. The molecule has 0 fully saturated rings. The molecule has 0 atom stereocenters. The van der Waals surface area contributed by atoms with E-state index < -0.39 is 0 Å². The predicted octanol–water partition coefficient (Wildman–Crippen LogP) is 6.43. The van der Waals surface area contributed by atoms with Crippen LogP contribution in [0.1, 0.15) is 71.1 Å². The van der Waals surface area contributed by atoms with Gasteiger partial charge in [0.25, 0.3) is 0 Å². The van der Waals surface area contributed by atoms with Crippen LogP contribution in [-0.4, -0.2) is 19.1 Å². The van der Waals surface area contributed by atoms with Crippen LogP contribution in [0.3, 0.4) is 0 Å². The third-order valence-electron chi connectivity index (χ3n) is 3.24. The average molecular weight is 313 g/mol. The number of halogens is 1. The van der Waals surface area contributed by atoms with Crippen molar-refractivity contribution in [1.82, 2.24) is 0 Å². The summed E-state index contributed by atoms with van der Waals surface area (Å²) < 4.78 is 5.50. The standard InChI is InChI=1S/C19H33ClO/c1-2-3-4-5-6-7-8-9-12-15-18-21-19-16-13-10-11-14-17-20/h9-10,12,16H,2-8,11,14-15,17-19H2,1H3/b12-9-. The molecule has 0 aromatic carbocycles. The normalized spacial score (nSPS) is 10.8. The molecule has 0 rings (SSSR count). The maximum absolute atomic E-state index is 5.58. The third kappa shape index (κ3) is 19.5. The first-order valence-electron chi connectivity index (χ1n) is 8.60. The Morgan fingerprint density at radius 3 is 2.43 bits per heavy atom. The monoisotopic (exact) mass is 312 g/mol. The Kier molecular flexibility index (Phi) is 19.1. The van der Waals surface area contributed by atoms with E-state index in [1.807, 2.05) is 12.2 Å². The Bertz CT molecular complexity index is 277. The number of ether oxygens (including phenoxy) is 1. The smallest absolute Gasteiger partial charge is 0.0721 e. The van der Waals surface area contributed by atoms with Crippen molar-refractivity contribution >= 4 is 11.6 Å². The van der Waals surface area contributed by atoms with Crippen LogP contribution in [0.15, 0.2) is 30.0 Å². The summed E-state index contributed by atoms with van der Waals surface area (Å²) in [5.41, 5.74) is 3.11. The van der Waals surface area contributed by atoms with Gasteiger partial charge in [0.05, 0.1) is 13.2 Å². The molecule has 0 aromatic rings. The first-order chi connectivity index (χ1) is 10.4.